The molecule has 0 aliphatic rings. The zero-order chi connectivity index (χ0) is 12.7. The number of rotatable bonds is 6. The maximum absolute atomic E-state index is 11.5. The molecular weight excluding hydrogens is 238 g/mol. The van der Waals surface area contributed by atoms with Crippen molar-refractivity contribution < 1.29 is 9.53 Å². The number of carbonyl (C=O) groups is 1. The molecule has 1 aromatic carbocycles. The number of likely N-dealkylation sites (N-methyl/N-ethyl adjacent to an activating group) is 1. The minimum Gasteiger partial charge on any atom is -0.490 e. The van der Waals surface area contributed by atoms with Crippen molar-refractivity contribution in [3.8, 4) is 5.75 Å². The van der Waals surface area contributed by atoms with Gasteiger partial charge in [-0.05, 0) is 18.6 Å². The summed E-state index contributed by atoms with van der Waals surface area (Å²) in [5, 5.41) is 0.593. The van der Waals surface area contributed by atoms with Crippen LogP contribution in [0.1, 0.15) is 19.8 Å². The molecular formula is C13H18ClNO2. The van der Waals surface area contributed by atoms with Crippen LogP contribution in [0.2, 0.25) is 5.02 Å². The SMILES string of the molecule is CCCC(=O)N(C)CCOc1ccccc1Cl. The first-order valence-electron chi connectivity index (χ1n) is 5.76. The van der Waals surface area contributed by atoms with Gasteiger partial charge >= 0.3 is 0 Å². The molecule has 3 nitrogen and oxygen atoms in total. The molecule has 0 atom stereocenters. The van der Waals surface area contributed by atoms with Crippen molar-refractivity contribution in [1.82, 2.24) is 4.90 Å². The Hall–Kier alpha value is -1.22. The average molecular weight is 256 g/mol. The lowest BCUT2D eigenvalue weighted by atomic mass is 10.3. The summed E-state index contributed by atoms with van der Waals surface area (Å²) in [4.78, 5) is 13.2. The molecule has 1 rings (SSSR count). The predicted octanol–water partition coefficient (Wildman–Crippen LogP) is 2.98. The summed E-state index contributed by atoms with van der Waals surface area (Å²) in [7, 11) is 1.79. The summed E-state index contributed by atoms with van der Waals surface area (Å²) in [6.45, 7) is 3.02. The van der Waals surface area contributed by atoms with Gasteiger partial charge in [0.05, 0.1) is 11.6 Å². The van der Waals surface area contributed by atoms with E-state index in [-0.39, 0.29) is 5.91 Å². The summed E-state index contributed by atoms with van der Waals surface area (Å²) >= 11 is 5.95. The van der Waals surface area contributed by atoms with Crippen LogP contribution in [0.4, 0.5) is 0 Å². The molecule has 0 N–H and O–H groups in total. The Bertz CT molecular complexity index is 368. The number of benzene rings is 1. The number of halogens is 1. The Morgan fingerprint density at radius 3 is 2.76 bits per heavy atom. The maximum Gasteiger partial charge on any atom is 0.222 e. The zero-order valence-corrected chi connectivity index (χ0v) is 11.0. The van der Waals surface area contributed by atoms with Crippen LogP contribution in [0.25, 0.3) is 0 Å². The molecule has 0 saturated carbocycles. The van der Waals surface area contributed by atoms with E-state index in [1.54, 1.807) is 18.0 Å². The van der Waals surface area contributed by atoms with Gasteiger partial charge in [-0.25, -0.2) is 0 Å². The Labute approximate surface area is 107 Å². The number of ether oxygens (including phenoxy) is 1. The predicted molar refractivity (Wildman–Crippen MR) is 69.5 cm³/mol. The Morgan fingerprint density at radius 2 is 2.12 bits per heavy atom. The molecule has 1 amide bonds. The largest absolute Gasteiger partial charge is 0.490 e. The number of carbonyl (C=O) groups excluding carboxylic acids is 1. The second kappa shape index (κ2) is 7.17. The van der Waals surface area contributed by atoms with Crippen molar-refractivity contribution >= 4 is 17.5 Å². The highest BCUT2D eigenvalue weighted by molar-refractivity contribution is 6.32. The van der Waals surface area contributed by atoms with Crippen molar-refractivity contribution in [1.29, 1.82) is 0 Å². The lowest BCUT2D eigenvalue weighted by Crippen LogP contribution is -2.30. The third kappa shape index (κ3) is 4.65. The van der Waals surface area contributed by atoms with Gasteiger partial charge in [-0.2, -0.15) is 0 Å². The highest BCUT2D eigenvalue weighted by atomic mass is 35.5. The third-order valence-corrected chi connectivity index (χ3v) is 2.72. The molecule has 1 aromatic rings. The number of nitrogens with zero attached hydrogens (tertiary/aromatic N) is 1. The molecule has 0 aliphatic carbocycles. The van der Waals surface area contributed by atoms with Crippen LogP contribution in [0.5, 0.6) is 5.75 Å². The first-order chi connectivity index (χ1) is 8.15. The van der Waals surface area contributed by atoms with Crippen LogP contribution in [0.3, 0.4) is 0 Å². The Kier molecular flexibility index (Phi) is 5.84. The normalized spacial score (nSPS) is 10.1. The van der Waals surface area contributed by atoms with Crippen LogP contribution in [-0.2, 0) is 4.79 Å². The first kappa shape index (κ1) is 13.8. The van der Waals surface area contributed by atoms with Gasteiger partial charge in [0, 0.05) is 13.5 Å². The van der Waals surface area contributed by atoms with Crippen molar-refractivity contribution in [2.45, 2.75) is 19.8 Å². The highest BCUT2D eigenvalue weighted by Crippen LogP contribution is 2.22. The Balaban J connectivity index is 2.33. The second-order valence-electron chi connectivity index (χ2n) is 3.84. The van der Waals surface area contributed by atoms with Gasteiger partial charge in [0.1, 0.15) is 12.4 Å². The fourth-order valence-corrected chi connectivity index (χ4v) is 1.57. The van der Waals surface area contributed by atoms with E-state index in [1.165, 1.54) is 0 Å². The highest BCUT2D eigenvalue weighted by Gasteiger charge is 2.07. The summed E-state index contributed by atoms with van der Waals surface area (Å²) in [6.07, 6.45) is 1.46. The van der Waals surface area contributed by atoms with Gasteiger partial charge < -0.3 is 9.64 Å². The summed E-state index contributed by atoms with van der Waals surface area (Å²) in [5.41, 5.74) is 0. The zero-order valence-electron chi connectivity index (χ0n) is 10.3. The molecule has 17 heavy (non-hydrogen) atoms. The van der Waals surface area contributed by atoms with Crippen LogP contribution in [0, 0.1) is 0 Å². The van der Waals surface area contributed by atoms with Crippen LogP contribution in [0.15, 0.2) is 24.3 Å². The quantitative estimate of drug-likeness (QED) is 0.782. The standard InChI is InChI=1S/C13H18ClNO2/c1-3-6-13(16)15(2)9-10-17-12-8-5-4-7-11(12)14/h4-5,7-8H,3,6,9-10H2,1-2H3. The Morgan fingerprint density at radius 1 is 1.41 bits per heavy atom. The van der Waals surface area contributed by atoms with Crippen LogP contribution < -0.4 is 4.74 Å². The molecule has 0 unspecified atom stereocenters. The second-order valence-corrected chi connectivity index (χ2v) is 4.25. The van der Waals surface area contributed by atoms with Gasteiger partial charge in [0.15, 0.2) is 0 Å². The molecule has 0 radical (unpaired) electrons. The van der Waals surface area contributed by atoms with Gasteiger partial charge in [-0.15, -0.1) is 0 Å². The molecule has 0 bridgehead atoms. The molecule has 0 aromatic heterocycles. The fourth-order valence-electron chi connectivity index (χ4n) is 1.38. The van der Waals surface area contributed by atoms with E-state index in [4.69, 9.17) is 16.3 Å². The molecule has 0 fully saturated rings. The van der Waals surface area contributed by atoms with E-state index < -0.39 is 0 Å². The topological polar surface area (TPSA) is 29.5 Å². The van der Waals surface area contributed by atoms with Crippen molar-refractivity contribution in [2.75, 3.05) is 20.2 Å². The van der Waals surface area contributed by atoms with E-state index in [2.05, 4.69) is 0 Å². The molecule has 4 heteroatoms. The van der Waals surface area contributed by atoms with E-state index >= 15 is 0 Å². The summed E-state index contributed by atoms with van der Waals surface area (Å²) < 4.78 is 5.51. The monoisotopic (exact) mass is 255 g/mol. The molecule has 0 spiro atoms. The molecule has 94 valence electrons. The van der Waals surface area contributed by atoms with Crippen molar-refractivity contribution in [3.05, 3.63) is 29.3 Å². The molecule has 0 saturated heterocycles. The van der Waals surface area contributed by atoms with Gasteiger partial charge in [-0.1, -0.05) is 30.7 Å². The lowest BCUT2D eigenvalue weighted by molar-refractivity contribution is -0.130. The third-order valence-electron chi connectivity index (χ3n) is 2.41. The molecule has 0 aliphatic heterocycles. The van der Waals surface area contributed by atoms with Gasteiger partial charge in [0.25, 0.3) is 0 Å². The minimum absolute atomic E-state index is 0.148. The average Bonchev–Trinajstić information content (AvgIpc) is 2.31. The number of hydrogen-bond donors (Lipinski definition) is 0. The van der Waals surface area contributed by atoms with Gasteiger partial charge in [0.2, 0.25) is 5.91 Å². The lowest BCUT2D eigenvalue weighted by Gasteiger charge is -2.17. The van der Waals surface area contributed by atoms with E-state index in [0.29, 0.717) is 30.3 Å². The minimum atomic E-state index is 0.148. The first-order valence-corrected chi connectivity index (χ1v) is 6.14. The number of amides is 1. The maximum atomic E-state index is 11.5. The summed E-state index contributed by atoms with van der Waals surface area (Å²) in [6, 6.07) is 7.32. The smallest absolute Gasteiger partial charge is 0.222 e. The number of para-hydroxylation sites is 1. The van der Waals surface area contributed by atoms with Crippen molar-refractivity contribution in [2.24, 2.45) is 0 Å². The van der Waals surface area contributed by atoms with Crippen molar-refractivity contribution in [3.63, 3.8) is 0 Å². The van der Waals surface area contributed by atoms with E-state index in [0.717, 1.165) is 6.42 Å². The summed E-state index contributed by atoms with van der Waals surface area (Å²) in [5.74, 6) is 0.806. The van der Waals surface area contributed by atoms with Crippen LogP contribution in [-0.4, -0.2) is 31.0 Å². The number of hydrogen-bond acceptors (Lipinski definition) is 2. The van der Waals surface area contributed by atoms with E-state index in [9.17, 15) is 4.79 Å². The fraction of sp³-hybridized carbons (Fsp3) is 0.462. The van der Waals surface area contributed by atoms with E-state index in [1.807, 2.05) is 25.1 Å². The van der Waals surface area contributed by atoms with Crippen LogP contribution >= 0.6 is 11.6 Å². The van der Waals surface area contributed by atoms with Gasteiger partial charge in [-0.3, -0.25) is 4.79 Å². The molecule has 0 heterocycles.